The van der Waals surface area contributed by atoms with Gasteiger partial charge in [0.05, 0.1) is 5.92 Å². The molecule has 0 aliphatic carbocycles. The molecule has 4 N–H and O–H groups in total. The van der Waals surface area contributed by atoms with E-state index < -0.39 is 5.92 Å². The van der Waals surface area contributed by atoms with Crippen molar-refractivity contribution in [2.45, 2.75) is 25.8 Å². The highest BCUT2D eigenvalue weighted by atomic mass is 35.5. The molecule has 0 bridgehead atoms. The van der Waals surface area contributed by atoms with Crippen LogP contribution in [-0.2, 0) is 4.79 Å². The number of nitrogens with two attached hydrogens (primary N) is 1. The fraction of sp³-hybridized carbons (Fsp3) is 0.263. The molecule has 25 heavy (non-hydrogen) atoms. The molecule has 0 heterocycles. The normalized spacial score (nSPS) is 11.4. The molecule has 1 atom stereocenters. The first-order chi connectivity index (χ1) is 11.5. The minimum absolute atomic E-state index is 0. The number of hydrogen-bond donors (Lipinski definition) is 3. The summed E-state index contributed by atoms with van der Waals surface area (Å²) in [6.45, 7) is 4.04. The van der Waals surface area contributed by atoms with Crippen molar-refractivity contribution in [3.05, 3.63) is 65.7 Å². The summed E-state index contributed by atoms with van der Waals surface area (Å²) in [5.74, 6) is -0.704. The van der Waals surface area contributed by atoms with E-state index in [1.807, 2.05) is 44.2 Å². The van der Waals surface area contributed by atoms with Crippen molar-refractivity contribution in [3.63, 3.8) is 0 Å². The molecule has 1 unspecified atom stereocenters. The number of hydrogen-bond acceptors (Lipinski definition) is 3. The molecule has 134 valence electrons. The van der Waals surface area contributed by atoms with E-state index in [0.717, 1.165) is 5.56 Å². The van der Waals surface area contributed by atoms with Crippen LogP contribution >= 0.6 is 12.4 Å². The number of benzene rings is 2. The van der Waals surface area contributed by atoms with Crippen LogP contribution in [0, 0.1) is 0 Å². The first kappa shape index (κ1) is 20.7. The lowest BCUT2D eigenvalue weighted by molar-refractivity contribution is -0.117. The number of rotatable bonds is 6. The molecule has 2 rings (SSSR count). The van der Waals surface area contributed by atoms with Gasteiger partial charge in [0.25, 0.3) is 5.91 Å². The number of carbonyl (C=O) groups excluding carboxylic acids is 2. The average Bonchev–Trinajstić information content (AvgIpc) is 2.56. The van der Waals surface area contributed by atoms with E-state index in [-0.39, 0.29) is 36.8 Å². The van der Waals surface area contributed by atoms with Crippen molar-refractivity contribution in [1.29, 1.82) is 0 Å². The second-order valence-corrected chi connectivity index (χ2v) is 5.89. The summed E-state index contributed by atoms with van der Waals surface area (Å²) in [5, 5.41) is 5.67. The van der Waals surface area contributed by atoms with E-state index in [1.54, 1.807) is 24.3 Å². The molecule has 0 radical (unpaired) electrons. The molecule has 0 saturated carbocycles. The predicted octanol–water partition coefficient (Wildman–Crippen LogP) is 2.93. The van der Waals surface area contributed by atoms with Gasteiger partial charge in [-0.2, -0.15) is 0 Å². The number of halogens is 1. The molecule has 0 spiro atoms. The largest absolute Gasteiger partial charge is 0.350 e. The molecule has 0 aliphatic rings. The van der Waals surface area contributed by atoms with Gasteiger partial charge in [-0.05, 0) is 43.7 Å². The summed E-state index contributed by atoms with van der Waals surface area (Å²) in [6.07, 6.45) is 0. The number of carbonyl (C=O) groups is 2. The van der Waals surface area contributed by atoms with E-state index in [4.69, 9.17) is 5.73 Å². The number of anilines is 1. The number of amides is 2. The monoisotopic (exact) mass is 361 g/mol. The third kappa shape index (κ3) is 5.89. The van der Waals surface area contributed by atoms with Gasteiger partial charge in [0.1, 0.15) is 0 Å². The quantitative estimate of drug-likeness (QED) is 0.739. The van der Waals surface area contributed by atoms with Crippen LogP contribution in [0.4, 0.5) is 5.69 Å². The lowest BCUT2D eigenvalue weighted by atomic mass is 9.98. The van der Waals surface area contributed by atoms with Gasteiger partial charge in [-0.1, -0.05) is 30.3 Å². The van der Waals surface area contributed by atoms with E-state index in [9.17, 15) is 9.59 Å². The van der Waals surface area contributed by atoms with Crippen LogP contribution in [0.15, 0.2) is 54.6 Å². The Kier molecular flexibility index (Phi) is 8.11. The van der Waals surface area contributed by atoms with Gasteiger partial charge in [-0.3, -0.25) is 9.59 Å². The Hall–Kier alpha value is -2.37. The van der Waals surface area contributed by atoms with Gasteiger partial charge < -0.3 is 16.4 Å². The third-order valence-corrected chi connectivity index (χ3v) is 3.59. The van der Waals surface area contributed by atoms with Crippen molar-refractivity contribution < 1.29 is 9.59 Å². The van der Waals surface area contributed by atoms with E-state index >= 15 is 0 Å². The van der Waals surface area contributed by atoms with Crippen molar-refractivity contribution in [2.75, 3.05) is 11.9 Å². The first-order valence-electron chi connectivity index (χ1n) is 7.98. The van der Waals surface area contributed by atoms with Crippen LogP contribution < -0.4 is 16.4 Å². The first-order valence-corrected chi connectivity index (χ1v) is 7.98. The maximum Gasteiger partial charge on any atom is 0.251 e. The smallest absolute Gasteiger partial charge is 0.251 e. The fourth-order valence-corrected chi connectivity index (χ4v) is 2.36. The van der Waals surface area contributed by atoms with Crippen molar-refractivity contribution in [1.82, 2.24) is 5.32 Å². The zero-order chi connectivity index (χ0) is 17.5. The minimum atomic E-state index is -0.407. The van der Waals surface area contributed by atoms with Gasteiger partial charge in [0, 0.05) is 23.8 Å². The maximum atomic E-state index is 12.4. The van der Waals surface area contributed by atoms with E-state index in [0.29, 0.717) is 11.3 Å². The predicted molar refractivity (Wildman–Crippen MR) is 103 cm³/mol. The van der Waals surface area contributed by atoms with Gasteiger partial charge in [-0.25, -0.2) is 0 Å². The molecule has 5 nitrogen and oxygen atoms in total. The molecule has 0 fully saturated rings. The molecule has 2 aromatic rings. The standard InChI is InChI=1S/C19H23N3O2.ClH/c1-13(2)21-18(23)15-8-10-16(11-9-15)22-19(24)17(12-20)14-6-4-3-5-7-14;/h3-11,13,17H,12,20H2,1-2H3,(H,21,23)(H,22,24);1H. The molecule has 0 aromatic heterocycles. The lowest BCUT2D eigenvalue weighted by Gasteiger charge is -2.15. The highest BCUT2D eigenvalue weighted by molar-refractivity contribution is 5.97. The fourth-order valence-electron chi connectivity index (χ4n) is 2.36. The third-order valence-electron chi connectivity index (χ3n) is 3.59. The van der Waals surface area contributed by atoms with Crippen LogP contribution in [0.25, 0.3) is 0 Å². The minimum Gasteiger partial charge on any atom is -0.350 e. The molecule has 0 aliphatic heterocycles. The Morgan fingerprint density at radius 2 is 1.60 bits per heavy atom. The molecule has 2 amide bonds. The Balaban J connectivity index is 0.00000312. The van der Waals surface area contributed by atoms with Crippen LogP contribution in [-0.4, -0.2) is 24.4 Å². The summed E-state index contributed by atoms with van der Waals surface area (Å²) in [6, 6.07) is 16.3. The van der Waals surface area contributed by atoms with Gasteiger partial charge in [0.2, 0.25) is 5.91 Å². The topological polar surface area (TPSA) is 84.2 Å². The Morgan fingerprint density at radius 1 is 1.00 bits per heavy atom. The zero-order valence-corrected chi connectivity index (χ0v) is 15.2. The maximum absolute atomic E-state index is 12.4. The SMILES string of the molecule is CC(C)NC(=O)c1ccc(NC(=O)C(CN)c2ccccc2)cc1.Cl. The van der Waals surface area contributed by atoms with Gasteiger partial charge in [0.15, 0.2) is 0 Å². The highest BCUT2D eigenvalue weighted by Gasteiger charge is 2.19. The summed E-state index contributed by atoms with van der Waals surface area (Å²) < 4.78 is 0. The second-order valence-electron chi connectivity index (χ2n) is 5.89. The van der Waals surface area contributed by atoms with Gasteiger partial charge in [-0.15, -0.1) is 12.4 Å². The average molecular weight is 362 g/mol. The van der Waals surface area contributed by atoms with Crippen LogP contribution in [0.1, 0.15) is 35.7 Å². The van der Waals surface area contributed by atoms with Crippen molar-refractivity contribution in [2.24, 2.45) is 5.73 Å². The summed E-state index contributed by atoms with van der Waals surface area (Å²) >= 11 is 0. The Morgan fingerprint density at radius 3 is 2.12 bits per heavy atom. The zero-order valence-electron chi connectivity index (χ0n) is 14.4. The van der Waals surface area contributed by atoms with Crippen LogP contribution in [0.5, 0.6) is 0 Å². The van der Waals surface area contributed by atoms with Crippen LogP contribution in [0.2, 0.25) is 0 Å². The molecule has 6 heteroatoms. The summed E-state index contributed by atoms with van der Waals surface area (Å²) in [4.78, 5) is 24.4. The molecule has 0 saturated heterocycles. The number of nitrogens with one attached hydrogen (secondary N) is 2. The Bertz CT molecular complexity index is 688. The molecule has 2 aromatic carbocycles. The molecular formula is C19H24ClN3O2. The van der Waals surface area contributed by atoms with E-state index in [2.05, 4.69) is 10.6 Å². The van der Waals surface area contributed by atoms with Gasteiger partial charge >= 0.3 is 0 Å². The Labute approximate surface area is 154 Å². The lowest BCUT2D eigenvalue weighted by Crippen LogP contribution is -2.30. The second kappa shape index (κ2) is 9.81. The molecular weight excluding hydrogens is 338 g/mol. The van der Waals surface area contributed by atoms with Crippen LogP contribution in [0.3, 0.4) is 0 Å². The van der Waals surface area contributed by atoms with E-state index in [1.165, 1.54) is 0 Å². The highest BCUT2D eigenvalue weighted by Crippen LogP contribution is 2.18. The van der Waals surface area contributed by atoms with Crippen molar-refractivity contribution >= 4 is 29.9 Å². The summed E-state index contributed by atoms with van der Waals surface area (Å²) in [7, 11) is 0. The van der Waals surface area contributed by atoms with Crippen molar-refractivity contribution in [3.8, 4) is 0 Å². The summed E-state index contributed by atoms with van der Waals surface area (Å²) in [5.41, 5.74) is 7.83.